The number of aliphatic hydroxyl groups excluding tert-OH is 1. The third-order valence-electron chi connectivity index (χ3n) is 2.40. The highest BCUT2D eigenvalue weighted by molar-refractivity contribution is 5.83. The maximum Gasteiger partial charge on any atom is 0.176 e. The van der Waals surface area contributed by atoms with E-state index in [4.69, 9.17) is 9.15 Å². The van der Waals surface area contributed by atoms with Crippen LogP contribution in [0.3, 0.4) is 0 Å². The van der Waals surface area contributed by atoms with Gasteiger partial charge in [-0.2, -0.15) is 0 Å². The molecule has 16 heavy (non-hydrogen) atoms. The van der Waals surface area contributed by atoms with Crippen LogP contribution in [-0.2, 0) is 0 Å². The van der Waals surface area contributed by atoms with E-state index in [2.05, 4.69) is 6.92 Å². The molecule has 0 saturated carbocycles. The van der Waals surface area contributed by atoms with Crippen LogP contribution in [0.15, 0.2) is 28.7 Å². The smallest absolute Gasteiger partial charge is 0.176 e. The topological polar surface area (TPSA) is 42.6 Å². The number of furan rings is 1. The number of aliphatic hydroxyl groups is 1. The second-order valence-electron chi connectivity index (χ2n) is 3.85. The summed E-state index contributed by atoms with van der Waals surface area (Å²) in [6, 6.07) is 7.60. The van der Waals surface area contributed by atoms with Gasteiger partial charge in [0.2, 0.25) is 0 Å². The van der Waals surface area contributed by atoms with Crippen molar-refractivity contribution in [2.45, 2.75) is 26.4 Å². The van der Waals surface area contributed by atoms with E-state index in [9.17, 15) is 5.11 Å². The highest BCUT2D eigenvalue weighted by atomic mass is 16.5. The van der Waals surface area contributed by atoms with Crippen LogP contribution >= 0.6 is 0 Å². The van der Waals surface area contributed by atoms with Crippen molar-refractivity contribution in [3.63, 3.8) is 0 Å². The summed E-state index contributed by atoms with van der Waals surface area (Å²) in [6.07, 6.45) is 0.367. The molecule has 0 aliphatic heterocycles. The highest BCUT2D eigenvalue weighted by Crippen LogP contribution is 2.30. The van der Waals surface area contributed by atoms with Crippen LogP contribution in [0.5, 0.6) is 5.75 Å². The minimum absolute atomic E-state index is 0.572. The zero-order valence-electron chi connectivity index (χ0n) is 9.56. The monoisotopic (exact) mass is 220 g/mol. The molecule has 0 amide bonds. The lowest BCUT2D eigenvalue weighted by molar-refractivity contribution is 0.171. The van der Waals surface area contributed by atoms with E-state index in [0.29, 0.717) is 18.0 Å². The van der Waals surface area contributed by atoms with Crippen molar-refractivity contribution >= 4 is 11.0 Å². The third-order valence-corrected chi connectivity index (χ3v) is 2.40. The van der Waals surface area contributed by atoms with E-state index in [1.165, 1.54) is 0 Å². The van der Waals surface area contributed by atoms with Gasteiger partial charge in [0.05, 0.1) is 6.61 Å². The Bertz CT molecular complexity index is 471. The summed E-state index contributed by atoms with van der Waals surface area (Å²) in [5, 5.41) is 10.4. The fraction of sp³-hybridized carbons (Fsp3) is 0.385. The van der Waals surface area contributed by atoms with Gasteiger partial charge in [0.1, 0.15) is 11.9 Å². The van der Waals surface area contributed by atoms with Crippen LogP contribution < -0.4 is 4.74 Å². The molecule has 1 heterocycles. The van der Waals surface area contributed by atoms with E-state index >= 15 is 0 Å². The quantitative estimate of drug-likeness (QED) is 0.859. The van der Waals surface area contributed by atoms with Gasteiger partial charge < -0.3 is 14.3 Å². The van der Waals surface area contributed by atoms with Crippen LogP contribution in [0.2, 0.25) is 0 Å². The SMILES string of the molecule is CCCOc1cccc2cc(C(C)O)oc12. The zero-order valence-corrected chi connectivity index (χ0v) is 9.56. The largest absolute Gasteiger partial charge is 0.490 e. The van der Waals surface area contributed by atoms with E-state index in [-0.39, 0.29) is 0 Å². The second kappa shape index (κ2) is 4.58. The molecule has 0 radical (unpaired) electrons. The molecule has 2 rings (SSSR count). The van der Waals surface area contributed by atoms with Gasteiger partial charge in [0, 0.05) is 5.39 Å². The van der Waals surface area contributed by atoms with Crippen molar-refractivity contribution in [2.24, 2.45) is 0 Å². The van der Waals surface area contributed by atoms with E-state index in [0.717, 1.165) is 17.6 Å². The summed E-state index contributed by atoms with van der Waals surface area (Å²) in [5.74, 6) is 1.31. The summed E-state index contributed by atoms with van der Waals surface area (Å²) in [6.45, 7) is 4.41. The minimum Gasteiger partial charge on any atom is -0.490 e. The van der Waals surface area contributed by atoms with Gasteiger partial charge in [0.25, 0.3) is 0 Å². The van der Waals surface area contributed by atoms with Crippen LogP contribution in [0.25, 0.3) is 11.0 Å². The molecular formula is C13H16O3. The molecule has 1 atom stereocenters. The Morgan fingerprint density at radius 2 is 2.25 bits per heavy atom. The van der Waals surface area contributed by atoms with Crippen molar-refractivity contribution in [2.75, 3.05) is 6.61 Å². The molecular weight excluding hydrogens is 204 g/mol. The molecule has 0 spiro atoms. The summed E-state index contributed by atoms with van der Waals surface area (Å²) in [7, 11) is 0. The summed E-state index contributed by atoms with van der Waals surface area (Å²) < 4.78 is 11.2. The van der Waals surface area contributed by atoms with Crippen molar-refractivity contribution in [1.82, 2.24) is 0 Å². The Balaban J connectivity index is 2.41. The van der Waals surface area contributed by atoms with Crippen LogP contribution in [0, 0.1) is 0 Å². The van der Waals surface area contributed by atoms with Gasteiger partial charge in [-0.15, -0.1) is 0 Å². The molecule has 2 aromatic rings. The molecule has 1 aromatic heterocycles. The predicted octanol–water partition coefficient (Wildman–Crippen LogP) is 3.27. The Labute approximate surface area is 94.6 Å². The Kier molecular flexibility index (Phi) is 3.15. The van der Waals surface area contributed by atoms with Crippen LogP contribution in [-0.4, -0.2) is 11.7 Å². The van der Waals surface area contributed by atoms with Crippen LogP contribution in [0.4, 0.5) is 0 Å². The van der Waals surface area contributed by atoms with Crippen molar-refractivity contribution in [3.8, 4) is 5.75 Å². The Morgan fingerprint density at radius 1 is 1.44 bits per heavy atom. The first-order chi connectivity index (χ1) is 7.72. The molecule has 0 saturated heterocycles. The maximum absolute atomic E-state index is 9.46. The first-order valence-electron chi connectivity index (χ1n) is 5.55. The molecule has 1 unspecified atom stereocenters. The average Bonchev–Trinajstić information content (AvgIpc) is 2.70. The average molecular weight is 220 g/mol. The lowest BCUT2D eigenvalue weighted by atomic mass is 10.2. The van der Waals surface area contributed by atoms with Gasteiger partial charge in [-0.05, 0) is 25.5 Å². The highest BCUT2D eigenvalue weighted by Gasteiger charge is 2.11. The predicted molar refractivity (Wildman–Crippen MR) is 62.6 cm³/mol. The standard InChI is InChI=1S/C13H16O3/c1-3-7-15-11-6-4-5-10-8-12(9(2)14)16-13(10)11/h4-6,8-9,14H,3,7H2,1-2H3. The number of hydrogen-bond donors (Lipinski definition) is 1. The lowest BCUT2D eigenvalue weighted by Gasteiger charge is -2.04. The number of hydrogen-bond acceptors (Lipinski definition) is 3. The molecule has 0 fully saturated rings. The molecule has 3 nitrogen and oxygen atoms in total. The van der Waals surface area contributed by atoms with Gasteiger partial charge in [-0.1, -0.05) is 19.1 Å². The Morgan fingerprint density at radius 3 is 2.94 bits per heavy atom. The molecule has 1 aromatic carbocycles. The Hall–Kier alpha value is -1.48. The molecule has 0 aliphatic carbocycles. The summed E-state index contributed by atoms with van der Waals surface area (Å²) in [5.41, 5.74) is 0.715. The number of rotatable bonds is 4. The normalized spacial score (nSPS) is 12.9. The van der Waals surface area contributed by atoms with Crippen LogP contribution in [0.1, 0.15) is 32.1 Å². The maximum atomic E-state index is 9.46. The first-order valence-corrected chi connectivity index (χ1v) is 5.55. The van der Waals surface area contributed by atoms with E-state index in [1.807, 2.05) is 24.3 Å². The van der Waals surface area contributed by atoms with Crippen molar-refractivity contribution in [3.05, 3.63) is 30.0 Å². The fourth-order valence-electron chi connectivity index (χ4n) is 1.59. The number of para-hydroxylation sites is 1. The first kappa shape index (κ1) is 11.0. The number of fused-ring (bicyclic) bond motifs is 1. The minimum atomic E-state index is -0.591. The van der Waals surface area contributed by atoms with E-state index < -0.39 is 6.10 Å². The van der Waals surface area contributed by atoms with Gasteiger partial charge >= 0.3 is 0 Å². The van der Waals surface area contributed by atoms with Gasteiger partial charge in [-0.3, -0.25) is 0 Å². The molecule has 1 N–H and O–H groups in total. The summed E-state index contributed by atoms with van der Waals surface area (Å²) in [4.78, 5) is 0. The number of ether oxygens (including phenoxy) is 1. The van der Waals surface area contributed by atoms with E-state index in [1.54, 1.807) is 6.92 Å². The molecule has 0 aliphatic rings. The van der Waals surface area contributed by atoms with Gasteiger partial charge in [0.15, 0.2) is 11.3 Å². The third kappa shape index (κ3) is 2.04. The molecule has 3 heteroatoms. The van der Waals surface area contributed by atoms with Crippen molar-refractivity contribution < 1.29 is 14.3 Å². The zero-order chi connectivity index (χ0) is 11.5. The lowest BCUT2D eigenvalue weighted by Crippen LogP contribution is -1.94. The summed E-state index contributed by atoms with van der Waals surface area (Å²) >= 11 is 0. The van der Waals surface area contributed by atoms with Gasteiger partial charge in [-0.25, -0.2) is 0 Å². The second-order valence-corrected chi connectivity index (χ2v) is 3.85. The number of benzene rings is 1. The molecule has 0 bridgehead atoms. The van der Waals surface area contributed by atoms with Crippen molar-refractivity contribution in [1.29, 1.82) is 0 Å². The molecule has 86 valence electrons. The fourth-order valence-corrected chi connectivity index (χ4v) is 1.59.